The van der Waals surface area contributed by atoms with Gasteiger partial charge in [0.15, 0.2) is 0 Å². The van der Waals surface area contributed by atoms with Crippen LogP contribution in [0.2, 0.25) is 0 Å². The minimum atomic E-state index is 0.200. The fourth-order valence-electron chi connectivity index (χ4n) is 1.29. The number of nitrogens with one attached hydrogen (secondary N) is 1. The number of hydrogen-bond donors (Lipinski definition) is 1. The van der Waals surface area contributed by atoms with Gasteiger partial charge in [0.1, 0.15) is 0 Å². The smallest absolute Gasteiger partial charge is 0.217 e. The Kier molecular flexibility index (Phi) is 4.27. The molecule has 0 aliphatic carbocycles. The van der Waals surface area contributed by atoms with Gasteiger partial charge in [0.05, 0.1) is 0 Å². The number of rotatable bonds is 5. The third-order valence-corrected chi connectivity index (χ3v) is 1.96. The van der Waals surface area contributed by atoms with Crippen LogP contribution < -0.4 is 5.32 Å². The van der Waals surface area contributed by atoms with Crippen LogP contribution in [0.5, 0.6) is 0 Å². The van der Waals surface area contributed by atoms with Crippen molar-refractivity contribution in [1.29, 1.82) is 0 Å². The maximum absolute atomic E-state index is 5.54. The molecular formula is C11H21N3O. The van der Waals surface area contributed by atoms with E-state index in [1.165, 1.54) is 0 Å². The van der Waals surface area contributed by atoms with Gasteiger partial charge in [-0.3, -0.25) is 0 Å². The Morgan fingerprint density at radius 1 is 1.20 bits per heavy atom. The molecule has 0 bridgehead atoms. The van der Waals surface area contributed by atoms with Crippen molar-refractivity contribution in [1.82, 2.24) is 15.5 Å². The van der Waals surface area contributed by atoms with Crippen LogP contribution in [-0.2, 0) is 12.8 Å². The maximum atomic E-state index is 5.54. The summed E-state index contributed by atoms with van der Waals surface area (Å²) in [4.78, 5) is 0. The molecule has 1 rings (SSSR count). The molecule has 0 aromatic carbocycles. The van der Waals surface area contributed by atoms with E-state index in [1.807, 2.05) is 0 Å². The molecule has 0 amide bonds. The van der Waals surface area contributed by atoms with Crippen LogP contribution >= 0.6 is 0 Å². The van der Waals surface area contributed by atoms with Gasteiger partial charge in [0.2, 0.25) is 11.8 Å². The first-order chi connectivity index (χ1) is 7.01. The normalized spacial score (nSPS) is 12.0. The van der Waals surface area contributed by atoms with E-state index in [-0.39, 0.29) is 5.41 Å². The topological polar surface area (TPSA) is 51.0 Å². The van der Waals surface area contributed by atoms with Crippen molar-refractivity contribution in [3.8, 4) is 0 Å². The molecule has 0 aliphatic heterocycles. The number of likely N-dealkylation sites (N-methyl/N-ethyl adjacent to an activating group) is 1. The molecule has 4 heteroatoms. The summed E-state index contributed by atoms with van der Waals surface area (Å²) in [6.07, 6.45) is 1.65. The first-order valence-corrected chi connectivity index (χ1v) is 5.53. The van der Waals surface area contributed by atoms with Gasteiger partial charge in [-0.05, 0) is 12.0 Å². The predicted molar refractivity (Wildman–Crippen MR) is 59.7 cm³/mol. The van der Waals surface area contributed by atoms with Crippen molar-refractivity contribution in [2.24, 2.45) is 5.41 Å². The molecular weight excluding hydrogens is 190 g/mol. The van der Waals surface area contributed by atoms with E-state index < -0.39 is 0 Å². The predicted octanol–water partition coefficient (Wildman–Crippen LogP) is 1.81. The summed E-state index contributed by atoms with van der Waals surface area (Å²) < 4.78 is 5.54. The lowest BCUT2D eigenvalue weighted by Gasteiger charge is -2.14. The Morgan fingerprint density at radius 3 is 2.47 bits per heavy atom. The monoisotopic (exact) mass is 211 g/mol. The lowest BCUT2D eigenvalue weighted by Crippen LogP contribution is -2.16. The average molecular weight is 211 g/mol. The second-order valence-corrected chi connectivity index (χ2v) is 4.93. The highest BCUT2D eigenvalue weighted by Crippen LogP contribution is 2.19. The van der Waals surface area contributed by atoms with Crippen LogP contribution in [0.4, 0.5) is 0 Å². The van der Waals surface area contributed by atoms with Crippen molar-refractivity contribution >= 4 is 0 Å². The SMILES string of the molecule is CCNCCc1nnc(CC(C)(C)C)o1. The molecule has 4 nitrogen and oxygen atoms in total. The molecule has 1 aromatic rings. The van der Waals surface area contributed by atoms with Crippen LogP contribution in [0.3, 0.4) is 0 Å². The summed E-state index contributed by atoms with van der Waals surface area (Å²) in [6, 6.07) is 0. The molecule has 15 heavy (non-hydrogen) atoms. The molecule has 0 unspecified atom stereocenters. The minimum Gasteiger partial charge on any atom is -0.425 e. The van der Waals surface area contributed by atoms with Crippen LogP contribution in [0.1, 0.15) is 39.5 Å². The summed E-state index contributed by atoms with van der Waals surface area (Å²) in [5.41, 5.74) is 0.200. The van der Waals surface area contributed by atoms with Crippen molar-refractivity contribution in [2.45, 2.75) is 40.5 Å². The number of aromatic nitrogens is 2. The van der Waals surface area contributed by atoms with Gasteiger partial charge in [-0.25, -0.2) is 0 Å². The highest BCUT2D eigenvalue weighted by Gasteiger charge is 2.16. The molecule has 1 heterocycles. The first kappa shape index (κ1) is 12.2. The number of hydrogen-bond acceptors (Lipinski definition) is 4. The standard InChI is InChI=1S/C11H21N3O/c1-5-12-7-6-9-13-14-10(15-9)8-11(2,3)4/h12H,5-8H2,1-4H3. The van der Waals surface area contributed by atoms with E-state index in [9.17, 15) is 0 Å². The van der Waals surface area contributed by atoms with Gasteiger partial charge in [0.25, 0.3) is 0 Å². The highest BCUT2D eigenvalue weighted by molar-refractivity contribution is 4.86. The molecule has 0 saturated carbocycles. The van der Waals surface area contributed by atoms with E-state index in [4.69, 9.17) is 4.42 Å². The van der Waals surface area contributed by atoms with E-state index in [0.717, 1.165) is 37.7 Å². The zero-order chi connectivity index (χ0) is 11.3. The maximum Gasteiger partial charge on any atom is 0.217 e. The van der Waals surface area contributed by atoms with Crippen LogP contribution in [-0.4, -0.2) is 23.3 Å². The van der Waals surface area contributed by atoms with Gasteiger partial charge in [-0.1, -0.05) is 27.7 Å². The first-order valence-electron chi connectivity index (χ1n) is 5.53. The Balaban J connectivity index is 2.42. The van der Waals surface area contributed by atoms with E-state index in [1.54, 1.807) is 0 Å². The van der Waals surface area contributed by atoms with E-state index >= 15 is 0 Å². The third-order valence-electron chi connectivity index (χ3n) is 1.96. The Labute approximate surface area is 91.5 Å². The van der Waals surface area contributed by atoms with Gasteiger partial charge >= 0.3 is 0 Å². The summed E-state index contributed by atoms with van der Waals surface area (Å²) in [6.45, 7) is 10.4. The van der Waals surface area contributed by atoms with Crippen molar-refractivity contribution in [3.63, 3.8) is 0 Å². The lowest BCUT2D eigenvalue weighted by atomic mass is 9.92. The largest absolute Gasteiger partial charge is 0.425 e. The molecule has 1 N–H and O–H groups in total. The van der Waals surface area contributed by atoms with E-state index in [2.05, 4.69) is 43.2 Å². The van der Waals surface area contributed by atoms with E-state index in [0.29, 0.717) is 0 Å². The summed E-state index contributed by atoms with van der Waals surface area (Å²) in [5, 5.41) is 11.3. The Bertz CT molecular complexity index is 288. The van der Waals surface area contributed by atoms with Gasteiger partial charge in [0, 0.05) is 19.4 Å². The highest BCUT2D eigenvalue weighted by atomic mass is 16.4. The second kappa shape index (κ2) is 5.26. The molecule has 0 atom stereocenters. The lowest BCUT2D eigenvalue weighted by molar-refractivity contribution is 0.344. The van der Waals surface area contributed by atoms with Gasteiger partial charge < -0.3 is 9.73 Å². The fraction of sp³-hybridized carbons (Fsp3) is 0.818. The molecule has 0 saturated heterocycles. The summed E-state index contributed by atoms with van der Waals surface area (Å²) in [7, 11) is 0. The Morgan fingerprint density at radius 2 is 1.87 bits per heavy atom. The summed E-state index contributed by atoms with van der Waals surface area (Å²) >= 11 is 0. The average Bonchev–Trinajstić information content (AvgIpc) is 2.50. The van der Waals surface area contributed by atoms with Crippen molar-refractivity contribution in [2.75, 3.05) is 13.1 Å². The zero-order valence-corrected chi connectivity index (χ0v) is 10.1. The van der Waals surface area contributed by atoms with Crippen LogP contribution in [0, 0.1) is 5.41 Å². The molecule has 0 radical (unpaired) electrons. The quantitative estimate of drug-likeness (QED) is 0.755. The summed E-state index contributed by atoms with van der Waals surface area (Å²) in [5.74, 6) is 1.48. The Hall–Kier alpha value is -0.900. The molecule has 0 fully saturated rings. The second-order valence-electron chi connectivity index (χ2n) is 4.93. The molecule has 0 spiro atoms. The van der Waals surface area contributed by atoms with Gasteiger partial charge in [-0.2, -0.15) is 0 Å². The van der Waals surface area contributed by atoms with Crippen LogP contribution in [0.15, 0.2) is 4.42 Å². The van der Waals surface area contributed by atoms with Crippen molar-refractivity contribution in [3.05, 3.63) is 11.8 Å². The van der Waals surface area contributed by atoms with Crippen LogP contribution in [0.25, 0.3) is 0 Å². The minimum absolute atomic E-state index is 0.200. The molecule has 86 valence electrons. The van der Waals surface area contributed by atoms with Crippen molar-refractivity contribution < 1.29 is 4.42 Å². The third kappa shape index (κ3) is 4.93. The number of nitrogens with zero attached hydrogens (tertiary/aromatic N) is 2. The molecule has 0 aliphatic rings. The zero-order valence-electron chi connectivity index (χ0n) is 10.1. The fourth-order valence-corrected chi connectivity index (χ4v) is 1.29. The van der Waals surface area contributed by atoms with Gasteiger partial charge in [-0.15, -0.1) is 10.2 Å². The molecule has 1 aromatic heterocycles.